The van der Waals surface area contributed by atoms with Crippen LogP contribution in [0.3, 0.4) is 0 Å². The lowest BCUT2D eigenvalue weighted by Gasteiger charge is -2.32. The molecule has 2 amide bonds. The summed E-state index contributed by atoms with van der Waals surface area (Å²) in [5.74, 6) is 0.585. The number of benzene rings is 2. The van der Waals surface area contributed by atoms with E-state index < -0.39 is 28.2 Å². The van der Waals surface area contributed by atoms with Crippen molar-refractivity contribution in [2.24, 2.45) is 4.99 Å². The standard InChI is InChI=1S/C27H31N3O8/c1-27(2,3)38-25(32)29(4)15-13-23-28-14-16-30(23,26(33)34)18-7-9-19(10-8-18)37-24(31)21-12-11-20(35-5)17-22(21)36-6/h7-12,14,16-17H,13,15H2,1-6H3. The highest BCUT2D eigenvalue weighted by Gasteiger charge is 2.41. The van der Waals surface area contributed by atoms with Gasteiger partial charge in [0.15, 0.2) is 0 Å². The predicted molar refractivity (Wildman–Crippen MR) is 138 cm³/mol. The van der Waals surface area contributed by atoms with Crippen LogP contribution in [0.15, 0.2) is 59.9 Å². The average Bonchev–Trinajstić information content (AvgIpc) is 3.31. The van der Waals surface area contributed by atoms with E-state index in [2.05, 4.69) is 4.99 Å². The van der Waals surface area contributed by atoms with Gasteiger partial charge in [0, 0.05) is 31.8 Å². The lowest BCUT2D eigenvalue weighted by Crippen LogP contribution is -2.59. The monoisotopic (exact) mass is 525 g/mol. The van der Waals surface area contributed by atoms with Crippen LogP contribution in [-0.2, 0) is 4.74 Å². The zero-order valence-electron chi connectivity index (χ0n) is 22.2. The van der Waals surface area contributed by atoms with Gasteiger partial charge in [0.25, 0.3) is 6.09 Å². The molecule has 0 aliphatic carbocycles. The number of nitrogens with zero attached hydrogens (tertiary/aromatic N) is 3. The average molecular weight is 526 g/mol. The second-order valence-electron chi connectivity index (χ2n) is 9.43. The number of hydrogen-bond acceptors (Lipinski definition) is 9. The quantitative estimate of drug-likeness (QED) is 0.290. The number of carboxylic acid groups (broad SMARTS) is 1. The van der Waals surface area contributed by atoms with E-state index in [0.29, 0.717) is 11.4 Å². The van der Waals surface area contributed by atoms with Gasteiger partial charge in [-0.15, -0.1) is 0 Å². The van der Waals surface area contributed by atoms with Gasteiger partial charge < -0.3 is 33.7 Å². The molecular formula is C27H31N3O8. The minimum absolute atomic E-state index is 0.144. The van der Waals surface area contributed by atoms with Gasteiger partial charge in [-0.1, -0.05) is 0 Å². The van der Waals surface area contributed by atoms with Crippen LogP contribution in [0.5, 0.6) is 17.2 Å². The first-order chi connectivity index (χ1) is 17.9. The minimum atomic E-state index is -1.43. The number of quaternary nitrogens is 1. The minimum Gasteiger partial charge on any atom is -0.497 e. The molecule has 2 aromatic carbocycles. The summed E-state index contributed by atoms with van der Waals surface area (Å²) in [4.78, 5) is 43.0. The Hall–Kier alpha value is -4.38. The molecule has 1 aliphatic rings. The number of rotatable bonds is 8. The third-order valence-electron chi connectivity index (χ3n) is 5.67. The maximum absolute atomic E-state index is 12.7. The third kappa shape index (κ3) is 6.12. The SMILES string of the molecule is COc1ccc(C(=O)Oc2ccc([N+]3(C(=O)[O-])C=CN=C3CCN(C)C(=O)OC(C)(C)C)cc2)c(OC)c1. The van der Waals surface area contributed by atoms with Crippen molar-refractivity contribution in [1.29, 1.82) is 0 Å². The second-order valence-corrected chi connectivity index (χ2v) is 9.43. The Bertz CT molecular complexity index is 1260. The fourth-order valence-corrected chi connectivity index (χ4v) is 3.72. The zero-order valence-corrected chi connectivity index (χ0v) is 22.2. The van der Waals surface area contributed by atoms with E-state index in [1.807, 2.05) is 0 Å². The molecule has 0 N–H and O–H groups in total. The smallest absolute Gasteiger partial charge is 0.410 e. The van der Waals surface area contributed by atoms with Crippen LogP contribution in [0, 0.1) is 0 Å². The zero-order chi connectivity index (χ0) is 28.1. The highest BCUT2D eigenvalue weighted by molar-refractivity contribution is 6.10. The summed E-state index contributed by atoms with van der Waals surface area (Å²) in [7, 11) is 4.49. The van der Waals surface area contributed by atoms with Gasteiger partial charge in [-0.2, -0.15) is 4.48 Å². The van der Waals surface area contributed by atoms with E-state index >= 15 is 0 Å². The summed E-state index contributed by atoms with van der Waals surface area (Å²) in [5, 5.41) is 12.4. The van der Waals surface area contributed by atoms with E-state index in [9.17, 15) is 19.5 Å². The van der Waals surface area contributed by atoms with Crippen LogP contribution in [0.25, 0.3) is 0 Å². The van der Waals surface area contributed by atoms with Gasteiger partial charge in [0.2, 0.25) is 5.84 Å². The molecule has 11 heteroatoms. The third-order valence-corrected chi connectivity index (χ3v) is 5.67. The number of amides is 2. The molecule has 0 spiro atoms. The van der Waals surface area contributed by atoms with Crippen molar-refractivity contribution < 1.29 is 38.4 Å². The first-order valence-electron chi connectivity index (χ1n) is 11.8. The molecule has 1 unspecified atom stereocenters. The molecule has 0 aromatic heterocycles. The predicted octanol–water partition coefficient (Wildman–Crippen LogP) is 3.71. The largest absolute Gasteiger partial charge is 0.497 e. The maximum atomic E-state index is 12.7. The first kappa shape index (κ1) is 28.2. The lowest BCUT2D eigenvalue weighted by atomic mass is 10.2. The first-order valence-corrected chi connectivity index (χ1v) is 11.8. The summed E-state index contributed by atoms with van der Waals surface area (Å²) < 4.78 is 20.4. The summed E-state index contributed by atoms with van der Waals surface area (Å²) in [6.45, 7) is 5.45. The van der Waals surface area contributed by atoms with E-state index in [0.717, 1.165) is 0 Å². The van der Waals surface area contributed by atoms with E-state index in [4.69, 9.17) is 18.9 Å². The molecule has 0 fully saturated rings. The van der Waals surface area contributed by atoms with E-state index in [1.165, 1.54) is 61.9 Å². The Morgan fingerprint density at radius 2 is 1.66 bits per heavy atom. The van der Waals surface area contributed by atoms with E-state index in [1.54, 1.807) is 40.0 Å². The van der Waals surface area contributed by atoms with Crippen LogP contribution in [-0.4, -0.2) is 62.3 Å². The summed E-state index contributed by atoms with van der Waals surface area (Å²) in [6.07, 6.45) is 0.939. The molecule has 0 saturated heterocycles. The number of hydrogen-bond donors (Lipinski definition) is 0. The van der Waals surface area contributed by atoms with Crippen LogP contribution < -0.4 is 23.8 Å². The number of carbonyl (C=O) groups is 3. The van der Waals surface area contributed by atoms with E-state index in [-0.39, 0.29) is 35.9 Å². The van der Waals surface area contributed by atoms with Gasteiger partial charge >= 0.3 is 12.1 Å². The van der Waals surface area contributed by atoms with Crippen molar-refractivity contribution in [3.8, 4) is 17.2 Å². The van der Waals surface area contributed by atoms with Crippen molar-refractivity contribution >= 4 is 29.7 Å². The number of carbonyl (C=O) groups excluding carboxylic acids is 3. The summed E-state index contributed by atoms with van der Waals surface area (Å²) in [6, 6.07) is 10.7. The molecule has 3 rings (SSSR count). The number of esters is 1. The molecule has 202 valence electrons. The van der Waals surface area contributed by atoms with Crippen molar-refractivity contribution in [2.75, 3.05) is 27.8 Å². The fourth-order valence-electron chi connectivity index (χ4n) is 3.72. The highest BCUT2D eigenvalue weighted by Crippen LogP contribution is 2.32. The molecule has 1 atom stereocenters. The Kier molecular flexibility index (Phi) is 8.42. The fraction of sp³-hybridized carbons (Fsp3) is 0.333. The molecule has 0 saturated carbocycles. The molecule has 38 heavy (non-hydrogen) atoms. The van der Waals surface area contributed by atoms with Gasteiger partial charge in [-0.05, 0) is 45.0 Å². The van der Waals surface area contributed by atoms with Crippen LogP contribution in [0.4, 0.5) is 15.3 Å². The van der Waals surface area contributed by atoms with Gasteiger partial charge in [-0.3, -0.25) is 0 Å². The second kappa shape index (κ2) is 11.3. The van der Waals surface area contributed by atoms with Gasteiger partial charge in [0.05, 0.1) is 26.8 Å². The molecule has 0 bridgehead atoms. The number of methoxy groups -OCH3 is 2. The van der Waals surface area contributed by atoms with Crippen molar-refractivity contribution in [2.45, 2.75) is 32.8 Å². The Balaban J connectivity index is 1.76. The molecule has 1 heterocycles. The molecule has 1 aliphatic heterocycles. The summed E-state index contributed by atoms with van der Waals surface area (Å²) in [5.41, 5.74) is -0.160. The number of ether oxygens (including phenoxy) is 4. The molecule has 2 aromatic rings. The van der Waals surface area contributed by atoms with Crippen molar-refractivity contribution in [3.05, 3.63) is 60.4 Å². The Morgan fingerprint density at radius 1 is 1.00 bits per heavy atom. The maximum Gasteiger partial charge on any atom is 0.410 e. The number of amidine groups is 1. The van der Waals surface area contributed by atoms with Crippen LogP contribution in [0.2, 0.25) is 0 Å². The molecule has 11 nitrogen and oxygen atoms in total. The highest BCUT2D eigenvalue weighted by atomic mass is 16.6. The van der Waals surface area contributed by atoms with Crippen LogP contribution in [0.1, 0.15) is 37.6 Å². The van der Waals surface area contributed by atoms with Crippen LogP contribution >= 0.6 is 0 Å². The number of aliphatic imine (C=N–C) groups is 1. The Labute approximate surface area is 221 Å². The Morgan fingerprint density at radius 3 is 2.24 bits per heavy atom. The van der Waals surface area contributed by atoms with Crippen molar-refractivity contribution in [3.63, 3.8) is 0 Å². The molecule has 0 radical (unpaired) electrons. The summed E-state index contributed by atoms with van der Waals surface area (Å²) >= 11 is 0. The van der Waals surface area contributed by atoms with Gasteiger partial charge in [-0.25, -0.2) is 14.6 Å². The topological polar surface area (TPSA) is 127 Å². The van der Waals surface area contributed by atoms with Gasteiger partial charge in [0.1, 0.15) is 40.3 Å². The van der Waals surface area contributed by atoms with Crippen molar-refractivity contribution in [1.82, 2.24) is 9.38 Å². The molecular weight excluding hydrogens is 494 g/mol. The normalized spacial score (nSPS) is 16.4. The lowest BCUT2D eigenvalue weighted by molar-refractivity contribution is -0.257.